The fraction of sp³-hybridized carbons (Fsp3) is 0.263. The quantitative estimate of drug-likeness (QED) is 0.656. The molecule has 3 heterocycles. The highest BCUT2D eigenvalue weighted by Crippen LogP contribution is 2.20. The number of anilines is 4. The Morgan fingerprint density at radius 3 is 2.60 bits per heavy atom. The molecule has 1 amide bonds. The van der Waals surface area contributed by atoms with E-state index in [0.29, 0.717) is 11.8 Å². The zero-order valence-electron chi connectivity index (χ0n) is 16.1. The zero-order chi connectivity index (χ0) is 21.1. The largest absolute Gasteiger partial charge is 0.399 e. The van der Waals surface area contributed by atoms with Crippen LogP contribution in [0.2, 0.25) is 0 Å². The molecule has 2 aromatic heterocycles. The molecule has 1 aromatic carbocycles. The average Bonchev–Trinajstić information content (AvgIpc) is 3.20. The van der Waals surface area contributed by atoms with Crippen LogP contribution in [0, 0.1) is 11.6 Å². The molecule has 0 bridgehead atoms. The first kappa shape index (κ1) is 19.7. The molecule has 3 aromatic rings. The molecule has 4 rings (SSSR count). The van der Waals surface area contributed by atoms with Crippen molar-refractivity contribution in [3.8, 4) is 0 Å². The Morgan fingerprint density at radius 2 is 1.90 bits per heavy atom. The van der Waals surface area contributed by atoms with Crippen molar-refractivity contribution in [1.82, 2.24) is 20.1 Å². The summed E-state index contributed by atoms with van der Waals surface area (Å²) in [6.45, 7) is 3.72. The van der Waals surface area contributed by atoms with Crippen LogP contribution < -0.4 is 15.5 Å². The lowest BCUT2D eigenvalue weighted by atomic mass is 10.3. The van der Waals surface area contributed by atoms with E-state index in [9.17, 15) is 13.6 Å². The van der Waals surface area contributed by atoms with Gasteiger partial charge in [-0.1, -0.05) is 5.10 Å². The Morgan fingerprint density at radius 1 is 1.10 bits per heavy atom. The summed E-state index contributed by atoms with van der Waals surface area (Å²) in [7, 11) is 2.08. The molecule has 1 aliphatic rings. The van der Waals surface area contributed by atoms with Crippen molar-refractivity contribution in [1.29, 1.82) is 0 Å². The minimum absolute atomic E-state index is 0.0595. The highest BCUT2D eigenvalue weighted by Gasteiger charge is 2.18. The van der Waals surface area contributed by atoms with Crippen LogP contribution in [0.3, 0.4) is 0 Å². The van der Waals surface area contributed by atoms with Crippen molar-refractivity contribution in [3.05, 3.63) is 54.1 Å². The minimum Gasteiger partial charge on any atom is -0.399 e. The van der Waals surface area contributed by atoms with Crippen LogP contribution in [0.1, 0.15) is 10.7 Å². The van der Waals surface area contributed by atoms with Crippen LogP contribution >= 0.6 is 0 Å². The van der Waals surface area contributed by atoms with Gasteiger partial charge in [0, 0.05) is 32.2 Å². The number of amides is 1. The maximum atomic E-state index is 13.7. The predicted molar refractivity (Wildman–Crippen MR) is 106 cm³/mol. The van der Waals surface area contributed by atoms with Gasteiger partial charge in [-0.05, 0) is 31.3 Å². The normalized spacial score (nSPS) is 14.6. The van der Waals surface area contributed by atoms with Crippen LogP contribution in [0.25, 0.3) is 0 Å². The number of pyridine rings is 1. The Hall–Kier alpha value is -3.60. The Labute approximate surface area is 170 Å². The molecule has 1 fully saturated rings. The van der Waals surface area contributed by atoms with Gasteiger partial charge in [0.2, 0.25) is 0 Å². The van der Waals surface area contributed by atoms with Crippen molar-refractivity contribution in [2.75, 3.05) is 48.8 Å². The van der Waals surface area contributed by atoms with Gasteiger partial charge in [-0.3, -0.25) is 4.79 Å². The van der Waals surface area contributed by atoms with Gasteiger partial charge < -0.3 is 24.9 Å². The molecule has 11 heteroatoms. The zero-order valence-corrected chi connectivity index (χ0v) is 16.1. The van der Waals surface area contributed by atoms with E-state index >= 15 is 0 Å². The van der Waals surface area contributed by atoms with Crippen molar-refractivity contribution < 1.29 is 18.0 Å². The number of nitrogens with zero attached hydrogens (tertiary/aromatic N) is 5. The van der Waals surface area contributed by atoms with Gasteiger partial charge in [-0.2, -0.15) is 0 Å². The molecule has 0 saturated carbocycles. The second kappa shape index (κ2) is 8.41. The molecule has 0 aliphatic carbocycles. The first-order valence-electron chi connectivity index (χ1n) is 9.24. The van der Waals surface area contributed by atoms with Crippen molar-refractivity contribution in [2.24, 2.45) is 0 Å². The van der Waals surface area contributed by atoms with E-state index in [1.165, 1.54) is 6.07 Å². The summed E-state index contributed by atoms with van der Waals surface area (Å²) in [6.07, 6.45) is 1.55. The number of hydrogen-bond donors (Lipinski definition) is 2. The van der Waals surface area contributed by atoms with Gasteiger partial charge in [0.1, 0.15) is 17.5 Å². The summed E-state index contributed by atoms with van der Waals surface area (Å²) < 4.78 is 31.9. The lowest BCUT2D eigenvalue weighted by Gasteiger charge is -2.33. The molecular weight excluding hydrogens is 396 g/mol. The highest BCUT2D eigenvalue weighted by atomic mass is 19.1. The van der Waals surface area contributed by atoms with E-state index < -0.39 is 17.5 Å². The Balaban J connectivity index is 1.37. The lowest BCUT2D eigenvalue weighted by Crippen LogP contribution is -2.44. The number of hydrogen-bond acceptors (Lipinski definition) is 8. The number of carbonyl (C=O) groups is 1. The number of carbonyl (C=O) groups excluding carboxylic acids is 1. The molecule has 0 spiro atoms. The topological polar surface area (TPSA) is 99.4 Å². The van der Waals surface area contributed by atoms with Crippen LogP contribution in [-0.4, -0.2) is 59.2 Å². The van der Waals surface area contributed by atoms with E-state index in [1.807, 2.05) is 6.07 Å². The third-order valence-electron chi connectivity index (χ3n) is 4.62. The van der Waals surface area contributed by atoms with Crippen LogP contribution in [-0.2, 0) is 0 Å². The summed E-state index contributed by atoms with van der Waals surface area (Å²) in [4.78, 5) is 21.1. The maximum absolute atomic E-state index is 13.7. The molecule has 0 atom stereocenters. The third-order valence-corrected chi connectivity index (χ3v) is 4.62. The maximum Gasteiger partial charge on any atom is 0.320 e. The molecule has 1 saturated heterocycles. The molecule has 156 valence electrons. The fourth-order valence-corrected chi connectivity index (χ4v) is 2.94. The second-order valence-electron chi connectivity index (χ2n) is 6.81. The van der Waals surface area contributed by atoms with Crippen molar-refractivity contribution in [2.45, 2.75) is 0 Å². The first-order chi connectivity index (χ1) is 14.5. The number of aromatic nitrogens is 3. The number of benzene rings is 1. The minimum atomic E-state index is -0.828. The van der Waals surface area contributed by atoms with Gasteiger partial charge >= 0.3 is 17.8 Å². The van der Waals surface area contributed by atoms with E-state index in [0.717, 1.165) is 38.1 Å². The second-order valence-corrected chi connectivity index (χ2v) is 6.81. The van der Waals surface area contributed by atoms with Crippen LogP contribution in [0.15, 0.2) is 40.9 Å². The third kappa shape index (κ3) is 4.51. The molecule has 1 aliphatic heterocycles. The van der Waals surface area contributed by atoms with E-state index in [2.05, 4.69) is 42.7 Å². The van der Waals surface area contributed by atoms with Gasteiger partial charge in [-0.25, -0.2) is 13.8 Å². The van der Waals surface area contributed by atoms with Crippen LogP contribution in [0.4, 0.5) is 32.0 Å². The average molecular weight is 415 g/mol. The van der Waals surface area contributed by atoms with Gasteiger partial charge in [0.25, 0.3) is 0 Å². The number of rotatable bonds is 5. The van der Waals surface area contributed by atoms with E-state index in [4.69, 9.17) is 4.42 Å². The number of halogens is 2. The summed E-state index contributed by atoms with van der Waals surface area (Å²) in [5.74, 6) is -1.65. The van der Waals surface area contributed by atoms with Crippen LogP contribution in [0.5, 0.6) is 0 Å². The molecule has 0 radical (unpaired) electrons. The lowest BCUT2D eigenvalue weighted by molar-refractivity contribution is 0.0991. The molecule has 2 N–H and O–H groups in total. The number of likely N-dealkylation sites (N-methyl/N-ethyl adjacent to an activating group) is 1. The van der Waals surface area contributed by atoms with Crippen molar-refractivity contribution in [3.63, 3.8) is 0 Å². The summed E-state index contributed by atoms with van der Waals surface area (Å²) in [5, 5.41) is 12.4. The number of nitrogens with one attached hydrogen (secondary N) is 2. The van der Waals surface area contributed by atoms with Gasteiger partial charge in [0.05, 0.1) is 17.6 Å². The van der Waals surface area contributed by atoms with Crippen molar-refractivity contribution >= 4 is 29.1 Å². The highest BCUT2D eigenvalue weighted by molar-refractivity contribution is 6.00. The van der Waals surface area contributed by atoms with E-state index in [1.54, 1.807) is 12.3 Å². The fourth-order valence-electron chi connectivity index (χ4n) is 2.94. The van der Waals surface area contributed by atoms with E-state index in [-0.39, 0.29) is 17.6 Å². The first-order valence-corrected chi connectivity index (χ1v) is 9.24. The monoisotopic (exact) mass is 415 g/mol. The molecule has 9 nitrogen and oxygen atoms in total. The van der Waals surface area contributed by atoms with Gasteiger partial charge in [-0.15, -0.1) is 5.10 Å². The number of piperazine rings is 1. The smallest absolute Gasteiger partial charge is 0.320 e. The molecule has 30 heavy (non-hydrogen) atoms. The Kier molecular flexibility index (Phi) is 5.53. The van der Waals surface area contributed by atoms with Gasteiger partial charge in [0.15, 0.2) is 0 Å². The SMILES string of the molecule is CN1CCN(c2ccc(NC(=O)c3nnc(Nc4ccc(F)cc4F)o3)cn2)CC1. The standard InChI is InChI=1S/C19H19F2N7O2/c1-27-6-8-28(9-7-27)16-5-3-13(11-22-16)23-17(29)18-25-26-19(30-18)24-15-4-2-12(20)10-14(15)21/h2-5,10-11H,6-9H2,1H3,(H,23,29)(H,24,26). The molecular formula is C19H19F2N7O2. The molecule has 0 unspecified atom stereocenters. The Bertz CT molecular complexity index is 1030. The summed E-state index contributed by atoms with van der Waals surface area (Å²) in [5.41, 5.74) is 0.408. The predicted octanol–water partition coefficient (Wildman–Crippen LogP) is 2.49. The summed E-state index contributed by atoms with van der Waals surface area (Å²) >= 11 is 0. The summed E-state index contributed by atoms with van der Waals surface area (Å²) in [6, 6.07) is 6.34.